The van der Waals surface area contributed by atoms with Gasteiger partial charge in [-0.05, 0) is 90.9 Å². The van der Waals surface area contributed by atoms with Crippen LogP contribution in [-0.4, -0.2) is 29.6 Å². The van der Waals surface area contributed by atoms with Gasteiger partial charge in [-0.3, -0.25) is 14.4 Å². The zero-order chi connectivity index (χ0) is 31.6. The van der Waals surface area contributed by atoms with Gasteiger partial charge in [0.25, 0.3) is 11.8 Å². The normalized spacial score (nSPS) is 11.8. The molecule has 0 aliphatic carbocycles. The van der Waals surface area contributed by atoms with Crippen molar-refractivity contribution >= 4 is 57.7 Å². The molecule has 0 saturated heterocycles. The number of hydrogen-bond acceptors (Lipinski definition) is 5. The fourth-order valence-corrected chi connectivity index (χ4v) is 5.48. The molecular formula is C37H33N3O4S. The zero-order valence-electron chi connectivity index (χ0n) is 25.0. The summed E-state index contributed by atoms with van der Waals surface area (Å²) in [5.74, 6) is -0.312. The lowest BCUT2D eigenvalue weighted by Crippen LogP contribution is -2.30. The fourth-order valence-electron chi connectivity index (χ4n) is 4.55. The smallest absolute Gasteiger partial charge is 0.272 e. The number of benzene rings is 5. The van der Waals surface area contributed by atoms with E-state index in [1.807, 2.05) is 98.8 Å². The molecule has 5 aromatic rings. The van der Waals surface area contributed by atoms with Crippen molar-refractivity contribution in [3.05, 3.63) is 138 Å². The molecule has 0 aromatic heterocycles. The van der Waals surface area contributed by atoms with Crippen LogP contribution in [-0.2, 0) is 9.59 Å². The van der Waals surface area contributed by atoms with Crippen LogP contribution in [0.4, 0.5) is 11.4 Å². The third-order valence-electron chi connectivity index (χ3n) is 6.82. The van der Waals surface area contributed by atoms with Gasteiger partial charge >= 0.3 is 0 Å². The molecule has 0 aliphatic rings. The molecule has 45 heavy (non-hydrogen) atoms. The van der Waals surface area contributed by atoms with Crippen molar-refractivity contribution in [3.63, 3.8) is 0 Å². The van der Waals surface area contributed by atoms with Gasteiger partial charge in [0.05, 0.1) is 11.9 Å². The molecule has 0 fully saturated rings. The second kappa shape index (κ2) is 14.9. The van der Waals surface area contributed by atoms with Crippen LogP contribution in [0.15, 0.2) is 132 Å². The highest BCUT2D eigenvalue weighted by atomic mass is 32.2. The van der Waals surface area contributed by atoms with E-state index in [0.717, 1.165) is 21.4 Å². The first-order valence-corrected chi connectivity index (χ1v) is 15.4. The minimum Gasteiger partial charge on any atom is -0.494 e. The van der Waals surface area contributed by atoms with Gasteiger partial charge in [-0.2, -0.15) is 0 Å². The molecule has 226 valence electrons. The third-order valence-corrected chi connectivity index (χ3v) is 7.92. The Morgan fingerprint density at radius 2 is 1.47 bits per heavy atom. The summed E-state index contributed by atoms with van der Waals surface area (Å²) in [4.78, 5) is 40.3. The number of thioether (sulfide) groups is 1. The Balaban J connectivity index is 1.28. The van der Waals surface area contributed by atoms with Crippen molar-refractivity contribution in [1.82, 2.24) is 5.32 Å². The maximum absolute atomic E-state index is 13.5. The molecule has 0 spiro atoms. The highest BCUT2D eigenvalue weighted by Gasteiger charge is 2.18. The van der Waals surface area contributed by atoms with Gasteiger partial charge in [0.2, 0.25) is 5.91 Å². The average molecular weight is 616 g/mol. The van der Waals surface area contributed by atoms with Crippen LogP contribution in [0.5, 0.6) is 5.75 Å². The molecule has 5 rings (SSSR count). The van der Waals surface area contributed by atoms with Crippen LogP contribution in [0.2, 0.25) is 0 Å². The Kier molecular flexibility index (Phi) is 10.3. The molecular weight excluding hydrogens is 582 g/mol. The van der Waals surface area contributed by atoms with Gasteiger partial charge in [-0.15, -0.1) is 11.8 Å². The highest BCUT2D eigenvalue weighted by molar-refractivity contribution is 8.00. The number of nitrogens with one attached hydrogen (secondary N) is 3. The SMILES string of the molecule is CCOc1ccc(/C=C(/NC(=O)c2ccccc2)C(=O)Nc2cccc(SC(C)C(=O)Nc3ccc4ccccc4c3)c2)cc1. The van der Waals surface area contributed by atoms with Gasteiger partial charge in [0.1, 0.15) is 11.4 Å². The number of fused-ring (bicyclic) bond motifs is 1. The summed E-state index contributed by atoms with van der Waals surface area (Å²) >= 11 is 1.38. The van der Waals surface area contributed by atoms with E-state index >= 15 is 0 Å². The van der Waals surface area contributed by atoms with E-state index in [4.69, 9.17) is 4.74 Å². The van der Waals surface area contributed by atoms with E-state index in [9.17, 15) is 14.4 Å². The number of rotatable bonds is 11. The van der Waals surface area contributed by atoms with Crippen molar-refractivity contribution in [2.45, 2.75) is 24.0 Å². The van der Waals surface area contributed by atoms with Gasteiger partial charge < -0.3 is 20.7 Å². The second-order valence-electron chi connectivity index (χ2n) is 10.2. The summed E-state index contributed by atoms with van der Waals surface area (Å²) in [5.41, 5.74) is 2.48. The second-order valence-corrected chi connectivity index (χ2v) is 11.6. The molecule has 1 unspecified atom stereocenters. The van der Waals surface area contributed by atoms with Gasteiger partial charge in [0.15, 0.2) is 0 Å². The summed E-state index contributed by atoms with van der Waals surface area (Å²) < 4.78 is 5.52. The monoisotopic (exact) mass is 615 g/mol. The van der Waals surface area contributed by atoms with E-state index in [-0.39, 0.29) is 11.6 Å². The summed E-state index contributed by atoms with van der Waals surface area (Å²) in [6.07, 6.45) is 1.61. The molecule has 0 heterocycles. The topological polar surface area (TPSA) is 96.5 Å². The molecule has 0 bridgehead atoms. The number of anilines is 2. The predicted octanol–water partition coefficient (Wildman–Crippen LogP) is 7.77. The molecule has 7 nitrogen and oxygen atoms in total. The fraction of sp³-hybridized carbons (Fsp3) is 0.108. The van der Waals surface area contributed by atoms with Crippen molar-refractivity contribution in [3.8, 4) is 5.75 Å². The quantitative estimate of drug-likeness (QED) is 0.104. The summed E-state index contributed by atoms with van der Waals surface area (Å²) in [6.45, 7) is 4.29. The first-order chi connectivity index (χ1) is 21.9. The average Bonchev–Trinajstić information content (AvgIpc) is 3.06. The van der Waals surface area contributed by atoms with E-state index in [1.165, 1.54) is 11.8 Å². The molecule has 0 saturated carbocycles. The number of ether oxygens (including phenoxy) is 1. The van der Waals surface area contributed by atoms with Gasteiger partial charge in [-0.25, -0.2) is 0 Å². The summed E-state index contributed by atoms with van der Waals surface area (Å²) in [6, 6.07) is 37.0. The maximum Gasteiger partial charge on any atom is 0.272 e. The molecule has 3 N–H and O–H groups in total. The van der Waals surface area contributed by atoms with Crippen LogP contribution >= 0.6 is 11.8 Å². The Bertz CT molecular complexity index is 1840. The van der Waals surface area contributed by atoms with Crippen molar-refractivity contribution in [2.24, 2.45) is 0 Å². The molecule has 3 amide bonds. The van der Waals surface area contributed by atoms with Gasteiger partial charge in [-0.1, -0.05) is 66.7 Å². The standard InChI is InChI=1S/C37H33N3O4S/c1-3-44-32-20-16-26(17-21-32)22-34(40-36(42)28-11-5-4-6-12-28)37(43)39-30-14-9-15-33(24-30)45-25(2)35(41)38-31-19-18-27-10-7-8-13-29(27)23-31/h4-25H,3H2,1-2H3,(H,38,41)(H,39,43)(H,40,42)/b34-22+. The van der Waals surface area contributed by atoms with E-state index in [0.29, 0.717) is 29.2 Å². The first-order valence-electron chi connectivity index (χ1n) is 14.6. The molecule has 0 radical (unpaired) electrons. The lowest BCUT2D eigenvalue weighted by Gasteiger charge is -2.14. The Hall–Kier alpha value is -5.34. The lowest BCUT2D eigenvalue weighted by molar-refractivity contribution is -0.115. The molecule has 1 atom stereocenters. The minimum absolute atomic E-state index is 0.0780. The Morgan fingerprint density at radius 1 is 0.756 bits per heavy atom. The Morgan fingerprint density at radius 3 is 2.22 bits per heavy atom. The highest BCUT2D eigenvalue weighted by Crippen LogP contribution is 2.27. The van der Waals surface area contributed by atoms with Crippen molar-refractivity contribution in [1.29, 1.82) is 0 Å². The zero-order valence-corrected chi connectivity index (χ0v) is 25.8. The molecule has 5 aromatic carbocycles. The Labute approximate surface area is 266 Å². The minimum atomic E-state index is -0.489. The maximum atomic E-state index is 13.5. The van der Waals surface area contributed by atoms with Crippen molar-refractivity contribution < 1.29 is 19.1 Å². The van der Waals surface area contributed by atoms with Crippen LogP contribution in [0.3, 0.4) is 0 Å². The van der Waals surface area contributed by atoms with E-state index in [1.54, 1.807) is 42.5 Å². The summed E-state index contributed by atoms with van der Waals surface area (Å²) in [7, 11) is 0. The van der Waals surface area contributed by atoms with Crippen LogP contribution in [0.25, 0.3) is 16.8 Å². The van der Waals surface area contributed by atoms with Gasteiger partial charge in [0, 0.05) is 21.8 Å². The van der Waals surface area contributed by atoms with Crippen LogP contribution in [0.1, 0.15) is 29.8 Å². The largest absolute Gasteiger partial charge is 0.494 e. The lowest BCUT2D eigenvalue weighted by atomic mass is 10.1. The van der Waals surface area contributed by atoms with Crippen LogP contribution < -0.4 is 20.7 Å². The third kappa shape index (κ3) is 8.61. The number of carbonyl (C=O) groups excluding carboxylic acids is 3. The molecule has 8 heteroatoms. The summed E-state index contributed by atoms with van der Waals surface area (Å²) in [5, 5.41) is 10.4. The number of hydrogen-bond donors (Lipinski definition) is 3. The van der Waals surface area contributed by atoms with Crippen LogP contribution in [0, 0.1) is 0 Å². The van der Waals surface area contributed by atoms with Crippen molar-refractivity contribution in [2.75, 3.05) is 17.2 Å². The first kappa shape index (κ1) is 31.1. The molecule has 0 aliphatic heterocycles. The van der Waals surface area contributed by atoms with E-state index < -0.39 is 17.1 Å². The van der Waals surface area contributed by atoms with E-state index in [2.05, 4.69) is 16.0 Å². The number of carbonyl (C=O) groups is 3. The number of amides is 3. The predicted molar refractivity (Wildman–Crippen MR) is 182 cm³/mol.